The lowest BCUT2D eigenvalue weighted by Crippen LogP contribution is -2.32. The highest BCUT2D eigenvalue weighted by atomic mass is 16.5. The molecule has 0 saturated heterocycles. The summed E-state index contributed by atoms with van der Waals surface area (Å²) in [5.74, 6) is 1.74. The number of benzene rings is 1. The highest BCUT2D eigenvalue weighted by Crippen LogP contribution is 2.25. The highest BCUT2D eigenvalue weighted by Gasteiger charge is 2.20. The van der Waals surface area contributed by atoms with Gasteiger partial charge < -0.3 is 10.1 Å². The summed E-state index contributed by atoms with van der Waals surface area (Å²) in [6.45, 7) is 4.26. The van der Waals surface area contributed by atoms with Crippen molar-refractivity contribution in [3.8, 4) is 5.75 Å². The molecule has 0 bridgehead atoms. The van der Waals surface area contributed by atoms with Gasteiger partial charge in [0.1, 0.15) is 5.75 Å². The first-order valence-corrected chi connectivity index (χ1v) is 7.70. The number of nitrogens with one attached hydrogen (secondary N) is 1. The third kappa shape index (κ3) is 4.35. The molecule has 1 aliphatic rings. The molecule has 0 aromatic heterocycles. The van der Waals surface area contributed by atoms with Gasteiger partial charge in [0.25, 0.3) is 0 Å². The zero-order chi connectivity index (χ0) is 15.2. The Morgan fingerprint density at radius 2 is 2.05 bits per heavy atom. The fourth-order valence-corrected chi connectivity index (χ4v) is 2.78. The number of carbonyl (C=O) groups excluding carboxylic acids is 1. The smallest absolute Gasteiger partial charge is 0.221 e. The summed E-state index contributed by atoms with van der Waals surface area (Å²) >= 11 is 0. The second-order valence-corrected chi connectivity index (χ2v) is 6.03. The second kappa shape index (κ2) is 7.30. The van der Waals surface area contributed by atoms with Crippen LogP contribution in [0.25, 0.3) is 0 Å². The molecule has 1 aromatic carbocycles. The van der Waals surface area contributed by atoms with E-state index in [-0.39, 0.29) is 11.9 Å². The van der Waals surface area contributed by atoms with Crippen LogP contribution < -0.4 is 10.1 Å². The van der Waals surface area contributed by atoms with Gasteiger partial charge in [-0.2, -0.15) is 0 Å². The number of amides is 1. The Hall–Kier alpha value is -1.77. The molecule has 2 rings (SSSR count). The minimum Gasteiger partial charge on any atom is -0.497 e. The number of hydrogen-bond acceptors (Lipinski definition) is 2. The van der Waals surface area contributed by atoms with E-state index in [1.807, 2.05) is 24.3 Å². The molecule has 2 unspecified atom stereocenters. The maximum atomic E-state index is 12.2. The molecule has 0 radical (unpaired) electrons. The molecule has 0 spiro atoms. The average molecular weight is 287 g/mol. The van der Waals surface area contributed by atoms with Crippen LogP contribution in [0.5, 0.6) is 5.75 Å². The van der Waals surface area contributed by atoms with E-state index < -0.39 is 0 Å². The minimum atomic E-state index is 0.0498. The van der Waals surface area contributed by atoms with Gasteiger partial charge >= 0.3 is 0 Å². The average Bonchev–Trinajstić information content (AvgIpc) is 2.97. The van der Waals surface area contributed by atoms with Crippen molar-refractivity contribution in [1.82, 2.24) is 5.32 Å². The summed E-state index contributed by atoms with van der Waals surface area (Å²) in [5.41, 5.74) is 1.13. The lowest BCUT2D eigenvalue weighted by molar-refractivity contribution is -0.122. The van der Waals surface area contributed by atoms with E-state index in [2.05, 4.69) is 31.3 Å². The van der Waals surface area contributed by atoms with Crippen LogP contribution in [0.1, 0.15) is 44.7 Å². The first-order valence-electron chi connectivity index (χ1n) is 7.70. The van der Waals surface area contributed by atoms with Crippen LogP contribution in [0.3, 0.4) is 0 Å². The second-order valence-electron chi connectivity index (χ2n) is 6.03. The van der Waals surface area contributed by atoms with Gasteiger partial charge in [0.15, 0.2) is 0 Å². The molecular formula is C18H25NO2. The van der Waals surface area contributed by atoms with Gasteiger partial charge in [-0.3, -0.25) is 4.79 Å². The molecular weight excluding hydrogens is 262 g/mol. The predicted octanol–water partition coefficient (Wildman–Crippen LogP) is 3.86. The van der Waals surface area contributed by atoms with Gasteiger partial charge in [0.2, 0.25) is 5.91 Å². The summed E-state index contributed by atoms with van der Waals surface area (Å²) in [6.07, 6.45) is 7.13. The Balaban J connectivity index is 2.00. The largest absolute Gasteiger partial charge is 0.497 e. The van der Waals surface area contributed by atoms with Gasteiger partial charge in [-0.15, -0.1) is 0 Å². The van der Waals surface area contributed by atoms with Crippen LogP contribution >= 0.6 is 0 Å². The van der Waals surface area contributed by atoms with Gasteiger partial charge in [-0.05, 0) is 42.4 Å². The Labute approximate surface area is 127 Å². The fourth-order valence-electron chi connectivity index (χ4n) is 2.78. The molecule has 0 heterocycles. The Bertz CT molecular complexity index is 490. The van der Waals surface area contributed by atoms with E-state index >= 15 is 0 Å². The summed E-state index contributed by atoms with van der Waals surface area (Å²) < 4.78 is 5.18. The summed E-state index contributed by atoms with van der Waals surface area (Å²) in [7, 11) is 1.66. The minimum absolute atomic E-state index is 0.0498. The lowest BCUT2D eigenvalue weighted by Gasteiger charge is -2.24. The molecule has 3 nitrogen and oxygen atoms in total. The Kier molecular flexibility index (Phi) is 5.43. The van der Waals surface area contributed by atoms with E-state index in [0.717, 1.165) is 24.2 Å². The van der Waals surface area contributed by atoms with Gasteiger partial charge in [-0.25, -0.2) is 0 Å². The maximum absolute atomic E-state index is 12.2. The topological polar surface area (TPSA) is 38.3 Å². The van der Waals surface area contributed by atoms with Crippen LogP contribution in [0, 0.1) is 11.8 Å². The van der Waals surface area contributed by atoms with E-state index in [1.54, 1.807) is 7.11 Å². The lowest BCUT2D eigenvalue weighted by atomic mass is 9.95. The van der Waals surface area contributed by atoms with Crippen molar-refractivity contribution >= 4 is 5.91 Å². The van der Waals surface area contributed by atoms with Crippen molar-refractivity contribution in [2.45, 2.75) is 39.2 Å². The standard InChI is InChI=1S/C18H25NO2/c1-13(2)18(15-8-10-16(21-3)11-9-15)19-17(20)12-14-6-4-5-7-14/h4,6,8-11,13-14,18H,5,7,12H2,1-3H3,(H,19,20). The van der Waals surface area contributed by atoms with E-state index in [4.69, 9.17) is 4.74 Å². The van der Waals surface area contributed by atoms with Crippen molar-refractivity contribution in [2.75, 3.05) is 7.11 Å². The van der Waals surface area contributed by atoms with Crippen LogP contribution in [-0.4, -0.2) is 13.0 Å². The van der Waals surface area contributed by atoms with E-state index in [1.165, 1.54) is 0 Å². The number of methoxy groups -OCH3 is 1. The number of allylic oxidation sites excluding steroid dienone is 2. The van der Waals surface area contributed by atoms with Crippen molar-refractivity contribution in [3.05, 3.63) is 42.0 Å². The first kappa shape index (κ1) is 15.6. The normalized spacial score (nSPS) is 18.8. The molecule has 0 saturated carbocycles. The number of carbonyl (C=O) groups is 1. The zero-order valence-corrected chi connectivity index (χ0v) is 13.1. The van der Waals surface area contributed by atoms with Crippen molar-refractivity contribution in [1.29, 1.82) is 0 Å². The Morgan fingerprint density at radius 1 is 1.33 bits per heavy atom. The van der Waals surface area contributed by atoms with E-state index in [9.17, 15) is 4.79 Å². The SMILES string of the molecule is COc1ccc(C(NC(=O)CC2C=CCC2)C(C)C)cc1. The van der Waals surface area contributed by atoms with Crippen LogP contribution in [0.2, 0.25) is 0 Å². The molecule has 114 valence electrons. The van der Waals surface area contributed by atoms with Crippen LogP contribution in [-0.2, 0) is 4.79 Å². The molecule has 1 aromatic rings. The molecule has 1 N–H and O–H groups in total. The predicted molar refractivity (Wildman–Crippen MR) is 85.2 cm³/mol. The van der Waals surface area contributed by atoms with Crippen molar-refractivity contribution < 1.29 is 9.53 Å². The molecule has 3 heteroatoms. The van der Waals surface area contributed by atoms with E-state index in [0.29, 0.717) is 18.3 Å². The van der Waals surface area contributed by atoms with Crippen molar-refractivity contribution in [3.63, 3.8) is 0 Å². The van der Waals surface area contributed by atoms with Gasteiger partial charge in [0, 0.05) is 6.42 Å². The number of rotatable bonds is 6. The summed E-state index contributed by atoms with van der Waals surface area (Å²) in [5, 5.41) is 3.18. The third-order valence-electron chi connectivity index (χ3n) is 4.02. The third-order valence-corrected chi connectivity index (χ3v) is 4.02. The quantitative estimate of drug-likeness (QED) is 0.807. The van der Waals surface area contributed by atoms with Gasteiger partial charge in [0.05, 0.1) is 13.2 Å². The van der Waals surface area contributed by atoms with Crippen molar-refractivity contribution in [2.24, 2.45) is 11.8 Å². The Morgan fingerprint density at radius 3 is 2.57 bits per heavy atom. The number of hydrogen-bond donors (Lipinski definition) is 1. The summed E-state index contributed by atoms with van der Waals surface area (Å²) in [6, 6.07) is 7.99. The van der Waals surface area contributed by atoms with Gasteiger partial charge in [-0.1, -0.05) is 38.1 Å². The zero-order valence-electron chi connectivity index (χ0n) is 13.1. The fraction of sp³-hybridized carbons (Fsp3) is 0.500. The monoisotopic (exact) mass is 287 g/mol. The number of ether oxygens (including phenoxy) is 1. The van der Waals surface area contributed by atoms with Crippen LogP contribution in [0.15, 0.2) is 36.4 Å². The first-order chi connectivity index (χ1) is 10.1. The molecule has 0 aliphatic heterocycles. The summed E-state index contributed by atoms with van der Waals surface area (Å²) in [4.78, 5) is 12.2. The molecule has 21 heavy (non-hydrogen) atoms. The maximum Gasteiger partial charge on any atom is 0.221 e. The highest BCUT2D eigenvalue weighted by molar-refractivity contribution is 5.77. The van der Waals surface area contributed by atoms with Crippen LogP contribution in [0.4, 0.5) is 0 Å². The molecule has 0 fully saturated rings. The molecule has 1 aliphatic carbocycles. The molecule has 1 amide bonds. The molecule has 2 atom stereocenters.